The van der Waals surface area contributed by atoms with Crippen LogP contribution in [0.15, 0.2) is 48.7 Å². The number of aromatic nitrogens is 3. The molecule has 0 aliphatic carbocycles. The predicted octanol–water partition coefficient (Wildman–Crippen LogP) is 4.39. The maximum atomic E-state index is 13.1. The number of nitrogens with zero attached hydrogens (tertiary/aromatic N) is 2. The average molecular weight is 352 g/mol. The summed E-state index contributed by atoms with van der Waals surface area (Å²) in [6, 6.07) is 11.6. The standard InChI is InChI=1S/C18H13FN4OS/c1-10-15(11-5-7-13(19)8-6-11)21-18(25-10)22-17(24)14-4-2-3-12-9-20-23-16(12)14/h2-9H,1H3,(H,20,23)(H,21,22,24). The molecule has 2 aromatic carbocycles. The van der Waals surface area contributed by atoms with Crippen LogP contribution in [0.3, 0.4) is 0 Å². The number of aryl methyl sites for hydroxylation is 1. The smallest absolute Gasteiger partial charge is 0.259 e. The van der Waals surface area contributed by atoms with Gasteiger partial charge in [-0.05, 0) is 37.3 Å². The summed E-state index contributed by atoms with van der Waals surface area (Å²) in [4.78, 5) is 18.0. The highest BCUT2D eigenvalue weighted by Crippen LogP contribution is 2.31. The second-order valence-electron chi connectivity index (χ2n) is 5.52. The molecule has 0 saturated carbocycles. The zero-order chi connectivity index (χ0) is 17.4. The number of anilines is 1. The van der Waals surface area contributed by atoms with E-state index in [9.17, 15) is 9.18 Å². The lowest BCUT2D eigenvalue weighted by Gasteiger charge is -2.02. The Kier molecular flexibility index (Phi) is 3.77. The van der Waals surface area contributed by atoms with Gasteiger partial charge >= 0.3 is 0 Å². The second-order valence-corrected chi connectivity index (χ2v) is 6.73. The summed E-state index contributed by atoms with van der Waals surface area (Å²) >= 11 is 1.38. The van der Waals surface area contributed by atoms with Crippen LogP contribution in [0.5, 0.6) is 0 Å². The van der Waals surface area contributed by atoms with Gasteiger partial charge < -0.3 is 0 Å². The molecule has 4 rings (SSSR count). The lowest BCUT2D eigenvalue weighted by molar-refractivity contribution is 0.102. The van der Waals surface area contributed by atoms with E-state index in [-0.39, 0.29) is 11.7 Å². The van der Waals surface area contributed by atoms with E-state index in [1.54, 1.807) is 24.4 Å². The van der Waals surface area contributed by atoms with E-state index in [0.717, 1.165) is 21.5 Å². The molecule has 0 aliphatic rings. The SMILES string of the molecule is Cc1sc(NC(=O)c2cccc3cn[nH]c23)nc1-c1ccc(F)cc1. The maximum absolute atomic E-state index is 13.1. The fourth-order valence-electron chi connectivity index (χ4n) is 2.65. The zero-order valence-corrected chi connectivity index (χ0v) is 14.0. The van der Waals surface area contributed by atoms with Crippen LogP contribution in [-0.2, 0) is 0 Å². The summed E-state index contributed by atoms with van der Waals surface area (Å²) in [5.41, 5.74) is 2.74. The van der Waals surface area contributed by atoms with E-state index in [2.05, 4.69) is 20.5 Å². The van der Waals surface area contributed by atoms with E-state index >= 15 is 0 Å². The third kappa shape index (κ3) is 2.89. The summed E-state index contributed by atoms with van der Waals surface area (Å²) in [7, 11) is 0. The van der Waals surface area contributed by atoms with Crippen LogP contribution in [0.2, 0.25) is 0 Å². The highest BCUT2D eigenvalue weighted by molar-refractivity contribution is 7.16. The Labute approximate surface area is 146 Å². The molecular weight excluding hydrogens is 339 g/mol. The topological polar surface area (TPSA) is 70.7 Å². The second kappa shape index (κ2) is 6.10. The quantitative estimate of drug-likeness (QED) is 0.574. The van der Waals surface area contributed by atoms with E-state index < -0.39 is 0 Å². The highest BCUT2D eigenvalue weighted by Gasteiger charge is 2.15. The van der Waals surface area contributed by atoms with Crippen molar-refractivity contribution in [3.05, 3.63) is 64.9 Å². The van der Waals surface area contributed by atoms with Crippen molar-refractivity contribution in [3.63, 3.8) is 0 Å². The van der Waals surface area contributed by atoms with Gasteiger partial charge in [0.1, 0.15) is 5.82 Å². The summed E-state index contributed by atoms with van der Waals surface area (Å²) in [6.45, 7) is 1.92. The molecule has 25 heavy (non-hydrogen) atoms. The van der Waals surface area contributed by atoms with Gasteiger partial charge in [0.2, 0.25) is 0 Å². The van der Waals surface area contributed by atoms with Crippen LogP contribution in [0, 0.1) is 12.7 Å². The molecular formula is C18H13FN4OS. The lowest BCUT2D eigenvalue weighted by Crippen LogP contribution is -2.12. The fourth-order valence-corrected chi connectivity index (χ4v) is 3.48. The molecule has 0 bridgehead atoms. The minimum Gasteiger partial charge on any atom is -0.298 e. The minimum absolute atomic E-state index is 0.255. The molecule has 0 unspecified atom stereocenters. The number of carbonyl (C=O) groups is 1. The molecule has 0 saturated heterocycles. The molecule has 0 spiro atoms. The molecule has 4 aromatic rings. The molecule has 2 N–H and O–H groups in total. The van der Waals surface area contributed by atoms with Gasteiger partial charge in [0.25, 0.3) is 5.91 Å². The molecule has 1 amide bonds. The van der Waals surface area contributed by atoms with E-state index in [0.29, 0.717) is 16.2 Å². The van der Waals surface area contributed by atoms with Gasteiger partial charge in [-0.2, -0.15) is 5.10 Å². The Balaban J connectivity index is 1.63. The number of aromatic amines is 1. The monoisotopic (exact) mass is 352 g/mol. The summed E-state index contributed by atoms with van der Waals surface area (Å²) < 4.78 is 13.1. The number of amides is 1. The number of thiazole rings is 1. The number of nitrogens with one attached hydrogen (secondary N) is 2. The van der Waals surface area contributed by atoms with Crippen LogP contribution < -0.4 is 5.32 Å². The number of hydrogen-bond donors (Lipinski definition) is 2. The number of benzene rings is 2. The van der Waals surface area contributed by atoms with Crippen molar-refractivity contribution in [2.75, 3.05) is 5.32 Å². The van der Waals surface area contributed by atoms with E-state index in [1.807, 2.05) is 19.1 Å². The average Bonchev–Trinajstić information content (AvgIpc) is 3.21. The number of hydrogen-bond acceptors (Lipinski definition) is 4. The molecule has 7 heteroatoms. The van der Waals surface area contributed by atoms with Gasteiger partial charge in [0.15, 0.2) is 5.13 Å². The Hall–Kier alpha value is -3.06. The fraction of sp³-hybridized carbons (Fsp3) is 0.0556. The highest BCUT2D eigenvalue weighted by atomic mass is 32.1. The first kappa shape index (κ1) is 15.5. The molecule has 0 aliphatic heterocycles. The number of carbonyl (C=O) groups excluding carboxylic acids is 1. The molecule has 0 fully saturated rings. The first-order chi connectivity index (χ1) is 12.1. The number of H-pyrrole nitrogens is 1. The Morgan fingerprint density at radius 1 is 1.20 bits per heavy atom. The van der Waals surface area contributed by atoms with Gasteiger partial charge in [-0.3, -0.25) is 15.2 Å². The van der Waals surface area contributed by atoms with Crippen molar-refractivity contribution in [1.82, 2.24) is 15.2 Å². The van der Waals surface area contributed by atoms with Gasteiger partial charge in [-0.25, -0.2) is 9.37 Å². The van der Waals surface area contributed by atoms with Crippen molar-refractivity contribution >= 4 is 33.3 Å². The number of rotatable bonds is 3. The molecule has 2 aromatic heterocycles. The normalized spacial score (nSPS) is 11.0. The predicted molar refractivity (Wildman–Crippen MR) is 96.3 cm³/mol. The van der Waals surface area contributed by atoms with Crippen molar-refractivity contribution in [2.24, 2.45) is 0 Å². The van der Waals surface area contributed by atoms with Crippen LogP contribution in [0.1, 0.15) is 15.2 Å². The van der Waals surface area contributed by atoms with Gasteiger partial charge in [0, 0.05) is 15.8 Å². The number of halogens is 1. The van der Waals surface area contributed by atoms with E-state index in [1.165, 1.54) is 23.5 Å². The van der Waals surface area contributed by atoms with Crippen LogP contribution >= 0.6 is 11.3 Å². The Bertz CT molecular complexity index is 1070. The summed E-state index contributed by atoms with van der Waals surface area (Å²) in [6.07, 6.45) is 1.67. The van der Waals surface area contributed by atoms with Crippen LogP contribution in [0.4, 0.5) is 9.52 Å². The van der Waals surface area contributed by atoms with Crippen LogP contribution in [-0.4, -0.2) is 21.1 Å². The summed E-state index contributed by atoms with van der Waals surface area (Å²) in [5, 5.41) is 11.0. The maximum Gasteiger partial charge on any atom is 0.259 e. The first-order valence-electron chi connectivity index (χ1n) is 7.58. The lowest BCUT2D eigenvalue weighted by atomic mass is 10.1. The van der Waals surface area contributed by atoms with Crippen LogP contribution in [0.25, 0.3) is 22.2 Å². The van der Waals surface area contributed by atoms with Gasteiger partial charge in [-0.1, -0.05) is 12.1 Å². The van der Waals surface area contributed by atoms with Gasteiger partial charge in [0.05, 0.1) is 23.0 Å². The Morgan fingerprint density at radius 3 is 2.80 bits per heavy atom. The number of para-hydroxylation sites is 1. The molecule has 124 valence electrons. The van der Waals surface area contributed by atoms with E-state index in [4.69, 9.17) is 0 Å². The Morgan fingerprint density at radius 2 is 2.00 bits per heavy atom. The molecule has 5 nitrogen and oxygen atoms in total. The zero-order valence-electron chi connectivity index (χ0n) is 13.2. The third-order valence-electron chi connectivity index (χ3n) is 3.86. The summed E-state index contributed by atoms with van der Waals surface area (Å²) in [5.74, 6) is -0.549. The van der Waals surface area contributed by atoms with Crippen molar-refractivity contribution in [3.8, 4) is 11.3 Å². The van der Waals surface area contributed by atoms with Crippen molar-refractivity contribution in [1.29, 1.82) is 0 Å². The first-order valence-corrected chi connectivity index (χ1v) is 8.40. The number of fused-ring (bicyclic) bond motifs is 1. The van der Waals surface area contributed by atoms with Crippen molar-refractivity contribution < 1.29 is 9.18 Å². The van der Waals surface area contributed by atoms with Gasteiger partial charge in [-0.15, -0.1) is 11.3 Å². The minimum atomic E-state index is -0.294. The molecule has 0 atom stereocenters. The largest absolute Gasteiger partial charge is 0.298 e. The molecule has 2 heterocycles. The van der Waals surface area contributed by atoms with Crippen molar-refractivity contribution in [2.45, 2.75) is 6.92 Å². The molecule has 0 radical (unpaired) electrons. The third-order valence-corrected chi connectivity index (χ3v) is 4.74.